The van der Waals surface area contributed by atoms with Crippen LogP contribution >= 0.6 is 0 Å². The maximum atomic E-state index is 12.8. The molecule has 3 aromatic carbocycles. The number of hydrogen-bond donors (Lipinski definition) is 2. The van der Waals surface area contributed by atoms with Crippen molar-refractivity contribution in [2.24, 2.45) is 5.10 Å². The van der Waals surface area contributed by atoms with Gasteiger partial charge >= 0.3 is 0 Å². The summed E-state index contributed by atoms with van der Waals surface area (Å²) >= 11 is 0. The number of amides is 1. The highest BCUT2D eigenvalue weighted by Crippen LogP contribution is 2.44. The summed E-state index contributed by atoms with van der Waals surface area (Å²) in [6.07, 6.45) is 1.56. The Morgan fingerprint density at radius 1 is 0.880 bits per heavy atom. The Balaban J connectivity index is 1.59. The van der Waals surface area contributed by atoms with Gasteiger partial charge in [-0.15, -0.1) is 0 Å². The first-order chi connectivity index (χ1) is 12.2. The van der Waals surface area contributed by atoms with Crippen molar-refractivity contribution in [3.8, 4) is 16.9 Å². The quantitative estimate of drug-likeness (QED) is 0.569. The second-order valence-corrected chi connectivity index (χ2v) is 5.93. The molecule has 0 atom stereocenters. The van der Waals surface area contributed by atoms with Crippen LogP contribution in [0.5, 0.6) is 5.75 Å². The molecule has 4 nitrogen and oxygen atoms in total. The first kappa shape index (κ1) is 15.1. The molecular formula is C21H16N2O2. The Hall–Kier alpha value is -3.40. The van der Waals surface area contributed by atoms with Crippen LogP contribution in [0.2, 0.25) is 0 Å². The van der Waals surface area contributed by atoms with Gasteiger partial charge in [0.25, 0.3) is 5.91 Å². The lowest BCUT2D eigenvalue weighted by molar-refractivity contribution is -0.121. The molecule has 0 saturated carbocycles. The van der Waals surface area contributed by atoms with Crippen molar-refractivity contribution in [1.82, 2.24) is 5.43 Å². The van der Waals surface area contributed by atoms with Crippen LogP contribution in [0.4, 0.5) is 0 Å². The molecule has 3 aromatic rings. The number of benzene rings is 3. The summed E-state index contributed by atoms with van der Waals surface area (Å²) in [4.78, 5) is 12.8. The standard InChI is InChI=1S/C21H16N2O2/c24-15-11-9-14(10-12-15)13-22-23-21(25)20-18-7-3-1-5-16(18)17-6-2-4-8-19(17)20/h1-13,20,24H,(H,23,25). The molecule has 4 rings (SSSR count). The van der Waals surface area contributed by atoms with Gasteiger partial charge in [-0.25, -0.2) is 5.43 Å². The fraction of sp³-hybridized carbons (Fsp3) is 0.0476. The predicted molar refractivity (Wildman–Crippen MR) is 97.6 cm³/mol. The van der Waals surface area contributed by atoms with Crippen LogP contribution in [0.1, 0.15) is 22.6 Å². The molecule has 1 amide bonds. The number of fused-ring (bicyclic) bond motifs is 3. The van der Waals surface area contributed by atoms with E-state index in [-0.39, 0.29) is 17.6 Å². The van der Waals surface area contributed by atoms with Crippen molar-refractivity contribution < 1.29 is 9.90 Å². The van der Waals surface area contributed by atoms with Crippen LogP contribution in [0.3, 0.4) is 0 Å². The summed E-state index contributed by atoms with van der Waals surface area (Å²) in [5.41, 5.74) is 7.63. The molecule has 0 aromatic heterocycles. The molecule has 2 N–H and O–H groups in total. The fourth-order valence-corrected chi connectivity index (χ4v) is 3.23. The molecule has 0 spiro atoms. The van der Waals surface area contributed by atoms with E-state index in [2.05, 4.69) is 10.5 Å². The van der Waals surface area contributed by atoms with Crippen molar-refractivity contribution in [3.63, 3.8) is 0 Å². The highest BCUT2D eigenvalue weighted by molar-refractivity contribution is 5.96. The highest BCUT2D eigenvalue weighted by Gasteiger charge is 2.33. The van der Waals surface area contributed by atoms with Gasteiger partial charge in [-0.05, 0) is 52.1 Å². The van der Waals surface area contributed by atoms with E-state index in [0.717, 1.165) is 27.8 Å². The summed E-state index contributed by atoms with van der Waals surface area (Å²) in [7, 11) is 0. The molecule has 0 aliphatic heterocycles. The largest absolute Gasteiger partial charge is 0.508 e. The molecule has 0 bridgehead atoms. The van der Waals surface area contributed by atoms with E-state index in [0.29, 0.717) is 0 Å². The molecule has 122 valence electrons. The van der Waals surface area contributed by atoms with E-state index in [1.54, 1.807) is 30.5 Å². The molecule has 0 saturated heterocycles. The lowest BCUT2D eigenvalue weighted by Gasteiger charge is -2.11. The number of phenols is 1. The number of aromatic hydroxyl groups is 1. The van der Waals surface area contributed by atoms with Crippen LogP contribution in [-0.2, 0) is 4.79 Å². The lowest BCUT2D eigenvalue weighted by Crippen LogP contribution is -2.25. The number of hydrogen-bond acceptors (Lipinski definition) is 3. The van der Waals surface area contributed by atoms with Gasteiger partial charge in [0.2, 0.25) is 0 Å². The van der Waals surface area contributed by atoms with Gasteiger partial charge in [0.15, 0.2) is 0 Å². The maximum absolute atomic E-state index is 12.8. The molecule has 4 heteroatoms. The van der Waals surface area contributed by atoms with E-state index >= 15 is 0 Å². The Kier molecular flexibility index (Phi) is 3.78. The van der Waals surface area contributed by atoms with Gasteiger partial charge in [-0.1, -0.05) is 48.5 Å². The number of phenolic OH excluding ortho intramolecular Hbond substituents is 1. The third-order valence-corrected chi connectivity index (χ3v) is 4.38. The molecule has 25 heavy (non-hydrogen) atoms. The maximum Gasteiger partial charge on any atom is 0.252 e. The topological polar surface area (TPSA) is 61.7 Å². The zero-order valence-corrected chi connectivity index (χ0v) is 13.4. The van der Waals surface area contributed by atoms with Crippen LogP contribution in [0, 0.1) is 0 Å². The molecule has 0 radical (unpaired) electrons. The lowest BCUT2D eigenvalue weighted by atomic mass is 9.96. The molecular weight excluding hydrogens is 312 g/mol. The third-order valence-electron chi connectivity index (χ3n) is 4.38. The summed E-state index contributed by atoms with van der Waals surface area (Å²) in [5.74, 6) is -0.322. The molecule has 1 aliphatic rings. The van der Waals surface area contributed by atoms with Gasteiger partial charge in [-0.3, -0.25) is 4.79 Å². The minimum Gasteiger partial charge on any atom is -0.508 e. The zero-order chi connectivity index (χ0) is 17.2. The summed E-state index contributed by atoms with van der Waals surface area (Å²) < 4.78 is 0. The highest BCUT2D eigenvalue weighted by atomic mass is 16.3. The number of carbonyl (C=O) groups is 1. The fourth-order valence-electron chi connectivity index (χ4n) is 3.23. The third kappa shape index (κ3) is 2.78. The summed E-state index contributed by atoms with van der Waals surface area (Å²) in [5, 5.41) is 13.3. The van der Waals surface area contributed by atoms with Crippen molar-refractivity contribution in [2.75, 3.05) is 0 Å². The molecule has 1 aliphatic carbocycles. The Bertz CT molecular complexity index is 916. The Morgan fingerprint density at radius 3 is 2.04 bits per heavy atom. The van der Waals surface area contributed by atoms with Gasteiger partial charge in [-0.2, -0.15) is 5.10 Å². The molecule has 0 heterocycles. The zero-order valence-electron chi connectivity index (χ0n) is 13.4. The predicted octanol–water partition coefficient (Wildman–Crippen LogP) is 3.65. The first-order valence-corrected chi connectivity index (χ1v) is 8.04. The second-order valence-electron chi connectivity index (χ2n) is 5.93. The smallest absolute Gasteiger partial charge is 0.252 e. The number of carbonyl (C=O) groups excluding carboxylic acids is 1. The number of nitrogens with zero attached hydrogens (tertiary/aromatic N) is 1. The van der Waals surface area contributed by atoms with E-state index in [4.69, 9.17) is 0 Å². The normalized spacial score (nSPS) is 12.8. The number of nitrogens with one attached hydrogen (secondary N) is 1. The SMILES string of the molecule is O=C(NN=Cc1ccc(O)cc1)C1c2ccccc2-c2ccccc21. The van der Waals surface area contributed by atoms with E-state index in [1.807, 2.05) is 48.5 Å². The molecule has 0 fully saturated rings. The van der Waals surface area contributed by atoms with Crippen LogP contribution in [0.25, 0.3) is 11.1 Å². The minimum absolute atomic E-state index is 0.160. The molecule has 0 unspecified atom stereocenters. The van der Waals surface area contributed by atoms with Crippen molar-refractivity contribution in [2.45, 2.75) is 5.92 Å². The van der Waals surface area contributed by atoms with Crippen LogP contribution in [-0.4, -0.2) is 17.2 Å². The monoisotopic (exact) mass is 328 g/mol. The van der Waals surface area contributed by atoms with E-state index < -0.39 is 0 Å². The van der Waals surface area contributed by atoms with Gasteiger partial charge in [0.1, 0.15) is 5.75 Å². The van der Waals surface area contributed by atoms with E-state index in [1.165, 1.54) is 0 Å². The summed E-state index contributed by atoms with van der Waals surface area (Å²) in [6.45, 7) is 0. The van der Waals surface area contributed by atoms with Crippen LogP contribution < -0.4 is 5.43 Å². The summed E-state index contributed by atoms with van der Waals surface area (Å²) in [6, 6.07) is 22.5. The average Bonchev–Trinajstić information content (AvgIpc) is 2.98. The second kappa shape index (κ2) is 6.24. The van der Waals surface area contributed by atoms with E-state index in [9.17, 15) is 9.90 Å². The average molecular weight is 328 g/mol. The minimum atomic E-state index is -0.357. The van der Waals surface area contributed by atoms with Crippen molar-refractivity contribution in [1.29, 1.82) is 0 Å². The van der Waals surface area contributed by atoms with Crippen LogP contribution in [0.15, 0.2) is 77.9 Å². The van der Waals surface area contributed by atoms with Crippen molar-refractivity contribution in [3.05, 3.63) is 89.5 Å². The van der Waals surface area contributed by atoms with Crippen molar-refractivity contribution >= 4 is 12.1 Å². The Labute approximate surface area is 145 Å². The van der Waals surface area contributed by atoms with Gasteiger partial charge < -0.3 is 5.11 Å². The Morgan fingerprint density at radius 2 is 1.44 bits per heavy atom. The van der Waals surface area contributed by atoms with Gasteiger partial charge in [0, 0.05) is 0 Å². The first-order valence-electron chi connectivity index (χ1n) is 8.04. The number of rotatable bonds is 3. The number of hydrazone groups is 1. The van der Waals surface area contributed by atoms with Gasteiger partial charge in [0.05, 0.1) is 12.1 Å².